The number of carbonyl (C=O) groups excluding carboxylic acids is 2. The molecule has 0 aromatic heterocycles. The van der Waals surface area contributed by atoms with Crippen LogP contribution in [0.1, 0.15) is 44.9 Å². The standard InChI is InChI=1S/C22H32N2O4/c1-27-15-21(25)24-20-13-16(14-28-18-10-6-3-7-11-18)12-19(20)22(26)23-17-8-4-2-5-9-17/h3,6-7,10-11,16-17,19-20H,2,4-5,8-9,12-15H2,1H3,(H,23,26)(H,24,25). The second kappa shape index (κ2) is 10.5. The highest BCUT2D eigenvalue weighted by Crippen LogP contribution is 2.33. The van der Waals surface area contributed by atoms with Crippen LogP contribution >= 0.6 is 0 Å². The Hall–Kier alpha value is -2.08. The number of benzene rings is 1. The smallest absolute Gasteiger partial charge is 0.246 e. The lowest BCUT2D eigenvalue weighted by atomic mass is 9.94. The van der Waals surface area contributed by atoms with E-state index in [1.165, 1.54) is 26.4 Å². The summed E-state index contributed by atoms with van der Waals surface area (Å²) in [6.07, 6.45) is 7.19. The second-order valence-corrected chi connectivity index (χ2v) is 8.02. The molecule has 2 amide bonds. The van der Waals surface area contributed by atoms with Gasteiger partial charge in [-0.05, 0) is 43.7 Å². The Kier molecular flexibility index (Phi) is 7.71. The summed E-state index contributed by atoms with van der Waals surface area (Å²) in [4.78, 5) is 25.0. The van der Waals surface area contributed by atoms with E-state index in [1.807, 2.05) is 30.3 Å². The molecule has 1 aromatic rings. The van der Waals surface area contributed by atoms with E-state index < -0.39 is 0 Å². The highest BCUT2D eigenvalue weighted by molar-refractivity contribution is 5.82. The van der Waals surface area contributed by atoms with E-state index in [0.717, 1.165) is 31.4 Å². The molecule has 0 bridgehead atoms. The minimum Gasteiger partial charge on any atom is -0.493 e. The van der Waals surface area contributed by atoms with E-state index in [9.17, 15) is 9.59 Å². The lowest BCUT2D eigenvalue weighted by molar-refractivity contribution is -0.128. The van der Waals surface area contributed by atoms with Crippen LogP contribution in [0.2, 0.25) is 0 Å². The second-order valence-electron chi connectivity index (χ2n) is 8.02. The first-order chi connectivity index (χ1) is 13.7. The van der Waals surface area contributed by atoms with E-state index in [0.29, 0.717) is 6.61 Å². The number of methoxy groups -OCH3 is 1. The fraction of sp³-hybridized carbons (Fsp3) is 0.636. The predicted octanol–water partition coefficient (Wildman–Crippen LogP) is 2.67. The van der Waals surface area contributed by atoms with Crippen molar-refractivity contribution in [3.05, 3.63) is 30.3 Å². The fourth-order valence-corrected chi connectivity index (χ4v) is 4.39. The van der Waals surface area contributed by atoms with Crippen molar-refractivity contribution < 1.29 is 19.1 Å². The van der Waals surface area contributed by atoms with Crippen LogP contribution in [0.25, 0.3) is 0 Å². The lowest BCUT2D eigenvalue weighted by Gasteiger charge is -2.26. The Balaban J connectivity index is 1.58. The Labute approximate surface area is 167 Å². The molecule has 2 saturated carbocycles. The zero-order valence-electron chi connectivity index (χ0n) is 16.7. The quantitative estimate of drug-likeness (QED) is 0.718. The first-order valence-electron chi connectivity index (χ1n) is 10.4. The molecule has 6 heteroatoms. The molecule has 3 unspecified atom stereocenters. The van der Waals surface area contributed by atoms with Crippen LogP contribution in [0.15, 0.2) is 30.3 Å². The number of carbonyl (C=O) groups is 2. The van der Waals surface area contributed by atoms with Crippen molar-refractivity contribution in [2.45, 2.75) is 57.0 Å². The van der Waals surface area contributed by atoms with Crippen molar-refractivity contribution >= 4 is 11.8 Å². The maximum atomic E-state index is 12.9. The van der Waals surface area contributed by atoms with Crippen LogP contribution < -0.4 is 15.4 Å². The van der Waals surface area contributed by atoms with Gasteiger partial charge in [-0.25, -0.2) is 0 Å². The van der Waals surface area contributed by atoms with E-state index in [-0.39, 0.29) is 42.3 Å². The third-order valence-corrected chi connectivity index (χ3v) is 5.80. The van der Waals surface area contributed by atoms with Crippen molar-refractivity contribution in [3.8, 4) is 5.75 Å². The number of amides is 2. The predicted molar refractivity (Wildman–Crippen MR) is 107 cm³/mol. The van der Waals surface area contributed by atoms with Crippen LogP contribution in [0.4, 0.5) is 0 Å². The minimum atomic E-state index is -0.216. The summed E-state index contributed by atoms with van der Waals surface area (Å²) in [5.41, 5.74) is 0. The molecule has 6 nitrogen and oxygen atoms in total. The van der Waals surface area contributed by atoms with E-state index in [1.54, 1.807) is 0 Å². The molecule has 2 aliphatic carbocycles. The number of nitrogens with one attached hydrogen (secondary N) is 2. The zero-order chi connectivity index (χ0) is 19.8. The minimum absolute atomic E-state index is 0.0125. The summed E-state index contributed by atoms with van der Waals surface area (Å²) in [6, 6.07) is 9.80. The van der Waals surface area contributed by atoms with E-state index in [4.69, 9.17) is 9.47 Å². The molecule has 0 spiro atoms. The van der Waals surface area contributed by atoms with Crippen molar-refractivity contribution in [1.82, 2.24) is 10.6 Å². The molecule has 28 heavy (non-hydrogen) atoms. The van der Waals surface area contributed by atoms with Crippen molar-refractivity contribution in [2.24, 2.45) is 11.8 Å². The summed E-state index contributed by atoms with van der Waals surface area (Å²) in [7, 11) is 1.50. The molecule has 0 aliphatic heterocycles. The molecule has 0 radical (unpaired) electrons. The van der Waals surface area contributed by atoms with Gasteiger partial charge in [-0.1, -0.05) is 37.5 Å². The van der Waals surface area contributed by atoms with Crippen LogP contribution in [-0.2, 0) is 14.3 Å². The Morgan fingerprint density at radius 1 is 1.04 bits per heavy atom. The first kappa shape index (κ1) is 20.6. The average molecular weight is 389 g/mol. The van der Waals surface area contributed by atoms with Gasteiger partial charge in [0, 0.05) is 19.2 Å². The molecule has 2 fully saturated rings. The number of hydrogen-bond donors (Lipinski definition) is 2. The van der Waals surface area contributed by atoms with Gasteiger partial charge >= 0.3 is 0 Å². The maximum absolute atomic E-state index is 12.9. The van der Waals surface area contributed by atoms with E-state index >= 15 is 0 Å². The zero-order valence-corrected chi connectivity index (χ0v) is 16.7. The molecule has 0 heterocycles. The molecule has 1 aromatic carbocycles. The SMILES string of the molecule is COCC(=O)NC1CC(COc2ccccc2)CC1C(=O)NC1CCCCC1. The van der Waals surface area contributed by atoms with Gasteiger partial charge in [0.1, 0.15) is 12.4 Å². The number of rotatable bonds is 8. The lowest BCUT2D eigenvalue weighted by Crippen LogP contribution is -2.47. The Bertz CT molecular complexity index is 631. The Morgan fingerprint density at radius 2 is 1.79 bits per heavy atom. The third kappa shape index (κ3) is 5.96. The average Bonchev–Trinajstić information content (AvgIpc) is 3.11. The van der Waals surface area contributed by atoms with Gasteiger partial charge in [0.2, 0.25) is 11.8 Å². The van der Waals surface area contributed by atoms with Gasteiger partial charge in [0.25, 0.3) is 0 Å². The van der Waals surface area contributed by atoms with Gasteiger partial charge in [0.05, 0.1) is 12.5 Å². The van der Waals surface area contributed by atoms with Crippen LogP contribution in [0.3, 0.4) is 0 Å². The fourth-order valence-electron chi connectivity index (χ4n) is 4.39. The molecule has 3 atom stereocenters. The normalized spacial score (nSPS) is 25.2. The Morgan fingerprint density at radius 3 is 2.50 bits per heavy atom. The van der Waals surface area contributed by atoms with Gasteiger partial charge in [-0.15, -0.1) is 0 Å². The molecule has 3 rings (SSSR count). The summed E-state index contributed by atoms with van der Waals surface area (Å²) in [6.45, 7) is 0.562. The molecule has 154 valence electrons. The van der Waals surface area contributed by atoms with E-state index in [2.05, 4.69) is 10.6 Å². The first-order valence-corrected chi connectivity index (χ1v) is 10.4. The van der Waals surface area contributed by atoms with Gasteiger partial charge < -0.3 is 20.1 Å². The van der Waals surface area contributed by atoms with Gasteiger partial charge in [0.15, 0.2) is 0 Å². The van der Waals surface area contributed by atoms with Crippen LogP contribution in [0, 0.1) is 11.8 Å². The molecular formula is C22H32N2O4. The van der Waals surface area contributed by atoms with Gasteiger partial charge in [-0.2, -0.15) is 0 Å². The van der Waals surface area contributed by atoms with Crippen molar-refractivity contribution in [2.75, 3.05) is 20.3 Å². The number of ether oxygens (including phenoxy) is 2. The summed E-state index contributed by atoms with van der Waals surface area (Å²) in [5.74, 6) is 0.740. The molecule has 2 aliphatic rings. The maximum Gasteiger partial charge on any atom is 0.246 e. The molecule has 0 saturated heterocycles. The third-order valence-electron chi connectivity index (χ3n) is 5.80. The number of hydrogen-bond acceptors (Lipinski definition) is 4. The topological polar surface area (TPSA) is 76.7 Å². The van der Waals surface area contributed by atoms with Crippen molar-refractivity contribution in [3.63, 3.8) is 0 Å². The van der Waals surface area contributed by atoms with Crippen LogP contribution in [-0.4, -0.2) is 44.2 Å². The summed E-state index contributed by atoms with van der Waals surface area (Å²) in [5, 5.41) is 6.22. The highest BCUT2D eigenvalue weighted by atomic mass is 16.5. The molecular weight excluding hydrogens is 356 g/mol. The summed E-state index contributed by atoms with van der Waals surface area (Å²) >= 11 is 0. The van der Waals surface area contributed by atoms with Crippen LogP contribution in [0.5, 0.6) is 5.75 Å². The summed E-state index contributed by atoms with van der Waals surface area (Å²) < 4.78 is 10.8. The monoisotopic (exact) mass is 388 g/mol. The molecule has 2 N–H and O–H groups in total. The van der Waals surface area contributed by atoms with Gasteiger partial charge in [-0.3, -0.25) is 9.59 Å². The van der Waals surface area contributed by atoms with Crippen molar-refractivity contribution in [1.29, 1.82) is 0 Å². The number of para-hydroxylation sites is 1. The highest BCUT2D eigenvalue weighted by Gasteiger charge is 2.40. The largest absolute Gasteiger partial charge is 0.493 e.